The third-order valence-corrected chi connectivity index (χ3v) is 6.98. The van der Waals surface area contributed by atoms with Crippen molar-refractivity contribution in [2.75, 3.05) is 11.1 Å². The normalized spacial score (nSPS) is 10.8. The van der Waals surface area contributed by atoms with E-state index in [1.54, 1.807) is 12.1 Å². The Morgan fingerprint density at radius 3 is 2.44 bits per heavy atom. The van der Waals surface area contributed by atoms with Gasteiger partial charge in [-0.3, -0.25) is 9.59 Å². The number of hydrogen-bond acceptors (Lipinski definition) is 5. The number of benzene rings is 2. The van der Waals surface area contributed by atoms with E-state index in [4.69, 9.17) is 0 Å². The van der Waals surface area contributed by atoms with Gasteiger partial charge in [-0.25, -0.2) is 0 Å². The van der Waals surface area contributed by atoms with Crippen molar-refractivity contribution in [3.05, 3.63) is 68.9 Å². The number of aromatic nitrogens is 3. The lowest BCUT2D eigenvalue weighted by Gasteiger charge is -2.12. The van der Waals surface area contributed by atoms with Crippen LogP contribution in [-0.2, 0) is 17.9 Å². The highest BCUT2D eigenvalue weighted by Crippen LogP contribution is 2.26. The first-order chi connectivity index (χ1) is 15.3. The smallest absolute Gasteiger partial charge is 0.251 e. The predicted molar refractivity (Wildman–Crippen MR) is 131 cm³/mol. The molecule has 9 heteroatoms. The van der Waals surface area contributed by atoms with Gasteiger partial charge in [0.2, 0.25) is 5.91 Å². The van der Waals surface area contributed by atoms with Crippen LogP contribution in [0.3, 0.4) is 0 Å². The molecule has 0 aliphatic carbocycles. The van der Waals surface area contributed by atoms with Crippen molar-refractivity contribution in [3.63, 3.8) is 0 Å². The van der Waals surface area contributed by atoms with Gasteiger partial charge in [-0.1, -0.05) is 45.4 Å². The van der Waals surface area contributed by atoms with Crippen molar-refractivity contribution in [3.8, 4) is 0 Å². The molecule has 0 aliphatic rings. The highest BCUT2D eigenvalue weighted by atomic mass is 79.9. The maximum absolute atomic E-state index is 12.5. The van der Waals surface area contributed by atoms with Gasteiger partial charge in [-0.2, -0.15) is 0 Å². The van der Waals surface area contributed by atoms with Crippen molar-refractivity contribution in [1.82, 2.24) is 20.1 Å². The summed E-state index contributed by atoms with van der Waals surface area (Å²) < 4.78 is 2.92. The van der Waals surface area contributed by atoms with E-state index < -0.39 is 0 Å². The average molecular weight is 516 g/mol. The number of aryl methyl sites for hydroxylation is 1. The molecule has 0 unspecified atom stereocenters. The minimum atomic E-state index is -0.163. The Morgan fingerprint density at radius 1 is 1.03 bits per heavy atom. The summed E-state index contributed by atoms with van der Waals surface area (Å²) in [5, 5.41) is 14.9. The molecule has 2 amide bonds. The van der Waals surface area contributed by atoms with Gasteiger partial charge in [0.25, 0.3) is 5.91 Å². The zero-order valence-corrected chi connectivity index (χ0v) is 20.9. The summed E-state index contributed by atoms with van der Waals surface area (Å²) in [4.78, 5) is 24.8. The third-order valence-electron chi connectivity index (χ3n) is 5.16. The summed E-state index contributed by atoms with van der Waals surface area (Å²) in [6.07, 6.45) is 0. The fourth-order valence-electron chi connectivity index (χ4n) is 3.08. The number of hydrogen-bond donors (Lipinski definition) is 2. The minimum Gasteiger partial charge on any atom is -0.345 e. The summed E-state index contributed by atoms with van der Waals surface area (Å²) in [5.74, 6) is 0.585. The van der Waals surface area contributed by atoms with Crippen LogP contribution in [-0.4, -0.2) is 32.3 Å². The Bertz CT molecular complexity index is 1130. The van der Waals surface area contributed by atoms with E-state index in [9.17, 15) is 9.59 Å². The maximum atomic E-state index is 12.5. The van der Waals surface area contributed by atoms with Crippen LogP contribution in [0.4, 0.5) is 5.69 Å². The van der Waals surface area contributed by atoms with E-state index in [0.717, 1.165) is 26.9 Å². The first kappa shape index (κ1) is 24.0. The molecular weight excluding hydrogens is 490 g/mol. The van der Waals surface area contributed by atoms with E-state index in [-0.39, 0.29) is 24.1 Å². The molecular formula is C23H26BrN5O2S. The van der Waals surface area contributed by atoms with Crippen molar-refractivity contribution in [2.24, 2.45) is 0 Å². The molecule has 0 fully saturated rings. The second-order valence-electron chi connectivity index (χ2n) is 7.37. The van der Waals surface area contributed by atoms with Crippen LogP contribution >= 0.6 is 27.7 Å². The highest BCUT2D eigenvalue weighted by Gasteiger charge is 2.15. The van der Waals surface area contributed by atoms with Crippen LogP contribution in [0.5, 0.6) is 0 Å². The number of anilines is 1. The van der Waals surface area contributed by atoms with Gasteiger partial charge in [0.05, 0.1) is 12.3 Å². The quantitative estimate of drug-likeness (QED) is 0.426. The van der Waals surface area contributed by atoms with E-state index in [1.807, 2.05) is 56.5 Å². The molecule has 7 nitrogen and oxygen atoms in total. The van der Waals surface area contributed by atoms with Gasteiger partial charge in [-0.05, 0) is 63.1 Å². The highest BCUT2D eigenvalue weighted by molar-refractivity contribution is 9.10. The molecule has 0 radical (unpaired) electrons. The number of nitrogens with one attached hydrogen (secondary N) is 2. The summed E-state index contributed by atoms with van der Waals surface area (Å²) in [7, 11) is 0. The average Bonchev–Trinajstić information content (AvgIpc) is 3.18. The maximum Gasteiger partial charge on any atom is 0.251 e. The Balaban J connectivity index is 1.58. The Hall–Kier alpha value is -2.65. The molecule has 0 spiro atoms. The lowest BCUT2D eigenvalue weighted by molar-refractivity contribution is -0.113. The van der Waals surface area contributed by atoms with Crippen LogP contribution in [0.25, 0.3) is 0 Å². The van der Waals surface area contributed by atoms with Gasteiger partial charge < -0.3 is 15.2 Å². The minimum absolute atomic E-state index is 0.111. The largest absolute Gasteiger partial charge is 0.345 e. The van der Waals surface area contributed by atoms with Gasteiger partial charge in [-0.15, -0.1) is 10.2 Å². The van der Waals surface area contributed by atoms with Crippen molar-refractivity contribution < 1.29 is 9.59 Å². The SMILES string of the molecule is CCn1c(CNC(=O)c2ccc(C)cc2)nnc1SCC(=O)Nc1ccc(Br)c(C)c1C. The third kappa shape index (κ3) is 5.77. The molecule has 0 bridgehead atoms. The Kier molecular flexibility index (Phi) is 8.09. The second-order valence-corrected chi connectivity index (χ2v) is 9.17. The molecule has 0 aliphatic heterocycles. The predicted octanol–water partition coefficient (Wildman–Crippen LogP) is 4.65. The van der Waals surface area contributed by atoms with Crippen LogP contribution < -0.4 is 10.6 Å². The van der Waals surface area contributed by atoms with Gasteiger partial charge in [0, 0.05) is 22.3 Å². The van der Waals surface area contributed by atoms with Crippen molar-refractivity contribution >= 4 is 45.2 Å². The fourth-order valence-corrected chi connectivity index (χ4v) is 4.33. The molecule has 3 rings (SSSR count). The van der Waals surface area contributed by atoms with Crippen LogP contribution in [0, 0.1) is 20.8 Å². The number of carbonyl (C=O) groups is 2. The number of halogens is 1. The molecule has 3 aromatic rings. The Labute approximate surface area is 200 Å². The molecule has 0 atom stereocenters. The van der Waals surface area contributed by atoms with Crippen molar-refractivity contribution in [1.29, 1.82) is 0 Å². The number of carbonyl (C=O) groups excluding carboxylic acids is 2. The summed E-state index contributed by atoms with van der Waals surface area (Å²) in [6.45, 7) is 8.84. The monoisotopic (exact) mass is 515 g/mol. The summed E-state index contributed by atoms with van der Waals surface area (Å²) in [5.41, 5.74) is 4.62. The fraction of sp³-hybridized carbons (Fsp3) is 0.304. The number of rotatable bonds is 8. The van der Waals surface area contributed by atoms with Gasteiger partial charge in [0.15, 0.2) is 11.0 Å². The van der Waals surface area contributed by atoms with Gasteiger partial charge in [0.1, 0.15) is 0 Å². The standard InChI is InChI=1S/C23H26BrN5O2S/c1-5-29-20(12-25-22(31)17-8-6-14(2)7-9-17)27-28-23(29)32-13-21(30)26-19-11-10-18(24)15(3)16(19)4/h6-11H,5,12-13H2,1-4H3,(H,25,31)(H,26,30). The molecule has 32 heavy (non-hydrogen) atoms. The lowest BCUT2D eigenvalue weighted by Crippen LogP contribution is -2.24. The topological polar surface area (TPSA) is 88.9 Å². The zero-order valence-electron chi connectivity index (χ0n) is 18.5. The Morgan fingerprint density at radius 2 is 1.75 bits per heavy atom. The van der Waals surface area contributed by atoms with E-state index in [2.05, 4.69) is 36.8 Å². The van der Waals surface area contributed by atoms with Crippen LogP contribution in [0.2, 0.25) is 0 Å². The van der Waals surface area contributed by atoms with E-state index >= 15 is 0 Å². The van der Waals surface area contributed by atoms with Crippen LogP contribution in [0.1, 0.15) is 39.8 Å². The molecule has 2 N–H and O–H groups in total. The number of thioether (sulfide) groups is 1. The molecule has 2 aromatic carbocycles. The van der Waals surface area contributed by atoms with Crippen molar-refractivity contribution in [2.45, 2.75) is 45.9 Å². The van der Waals surface area contributed by atoms with E-state index in [1.165, 1.54) is 11.8 Å². The lowest BCUT2D eigenvalue weighted by atomic mass is 10.1. The van der Waals surface area contributed by atoms with Gasteiger partial charge >= 0.3 is 0 Å². The van der Waals surface area contributed by atoms with E-state index in [0.29, 0.717) is 23.1 Å². The first-order valence-corrected chi connectivity index (χ1v) is 12.0. The molecule has 0 saturated heterocycles. The number of nitrogens with zero attached hydrogens (tertiary/aromatic N) is 3. The first-order valence-electron chi connectivity index (χ1n) is 10.3. The molecule has 168 valence electrons. The van der Waals surface area contributed by atoms with Crippen LogP contribution in [0.15, 0.2) is 46.0 Å². The molecule has 0 saturated carbocycles. The summed E-state index contributed by atoms with van der Waals surface area (Å²) >= 11 is 4.82. The number of amides is 2. The molecule has 1 aromatic heterocycles. The zero-order chi connectivity index (χ0) is 23.3. The second kappa shape index (κ2) is 10.8. The summed E-state index contributed by atoms with van der Waals surface area (Å²) in [6, 6.07) is 11.2. The molecule has 1 heterocycles.